The second kappa shape index (κ2) is 5.79. The van der Waals surface area contributed by atoms with Crippen molar-refractivity contribution in [3.05, 3.63) is 40.3 Å². The third kappa shape index (κ3) is 3.51. The molecule has 0 amide bonds. The van der Waals surface area contributed by atoms with Crippen LogP contribution in [0.5, 0.6) is 0 Å². The average molecular weight is 276 g/mol. The molecule has 1 heterocycles. The van der Waals surface area contributed by atoms with Crippen LogP contribution in [-0.2, 0) is 6.42 Å². The summed E-state index contributed by atoms with van der Waals surface area (Å²) in [6.07, 6.45) is 1.75. The summed E-state index contributed by atoms with van der Waals surface area (Å²) in [4.78, 5) is 19.6. The summed E-state index contributed by atoms with van der Waals surface area (Å²) in [6.45, 7) is 2.05. The molecule has 0 atom stereocenters. The van der Waals surface area contributed by atoms with Crippen molar-refractivity contribution >= 4 is 23.1 Å². The van der Waals surface area contributed by atoms with Crippen LogP contribution in [-0.4, -0.2) is 9.97 Å². The number of anilines is 2. The maximum absolute atomic E-state index is 11.5. The van der Waals surface area contributed by atoms with E-state index < -0.39 is 0 Å². The number of aromatic amines is 1. The van der Waals surface area contributed by atoms with Crippen LogP contribution in [0.4, 0.5) is 11.4 Å². The standard InChI is InChI=1S/C13H16N4OS/c1-2-3-8-6-12(18)17-13(16-8)19-9-4-5-10(14)11(15)7-9/h4-7H,2-3,14-15H2,1H3,(H,16,17,18). The van der Waals surface area contributed by atoms with Gasteiger partial charge in [-0.15, -0.1) is 0 Å². The van der Waals surface area contributed by atoms with Crippen molar-refractivity contribution in [2.24, 2.45) is 0 Å². The predicted molar refractivity (Wildman–Crippen MR) is 78.2 cm³/mol. The zero-order valence-corrected chi connectivity index (χ0v) is 11.5. The Labute approximate surface area is 115 Å². The normalized spacial score (nSPS) is 10.6. The van der Waals surface area contributed by atoms with E-state index in [0.717, 1.165) is 23.4 Å². The molecule has 5 N–H and O–H groups in total. The monoisotopic (exact) mass is 276 g/mol. The minimum absolute atomic E-state index is 0.135. The van der Waals surface area contributed by atoms with Crippen LogP contribution in [0.3, 0.4) is 0 Å². The molecule has 5 nitrogen and oxygen atoms in total. The van der Waals surface area contributed by atoms with E-state index in [1.807, 2.05) is 6.07 Å². The molecule has 19 heavy (non-hydrogen) atoms. The molecule has 2 rings (SSSR count). The molecule has 0 aliphatic carbocycles. The van der Waals surface area contributed by atoms with Gasteiger partial charge in [-0.05, 0) is 24.6 Å². The van der Waals surface area contributed by atoms with Crippen molar-refractivity contribution in [2.75, 3.05) is 11.5 Å². The highest BCUT2D eigenvalue weighted by molar-refractivity contribution is 7.99. The van der Waals surface area contributed by atoms with E-state index in [4.69, 9.17) is 11.5 Å². The molecule has 0 saturated carbocycles. The van der Waals surface area contributed by atoms with E-state index in [0.29, 0.717) is 16.5 Å². The molecule has 0 fully saturated rings. The van der Waals surface area contributed by atoms with Gasteiger partial charge in [0.05, 0.1) is 11.4 Å². The Bertz CT molecular complexity index is 639. The lowest BCUT2D eigenvalue weighted by Crippen LogP contribution is -2.09. The van der Waals surface area contributed by atoms with E-state index >= 15 is 0 Å². The minimum atomic E-state index is -0.135. The van der Waals surface area contributed by atoms with Crippen LogP contribution in [0.15, 0.2) is 39.1 Å². The summed E-state index contributed by atoms with van der Waals surface area (Å²) in [5, 5.41) is 0.570. The molecule has 0 aliphatic rings. The van der Waals surface area contributed by atoms with Crippen LogP contribution in [0.1, 0.15) is 19.0 Å². The third-order valence-electron chi connectivity index (χ3n) is 2.55. The SMILES string of the molecule is CCCc1cc(=O)[nH]c(Sc2ccc(N)c(N)c2)n1. The number of hydrogen-bond donors (Lipinski definition) is 3. The maximum Gasteiger partial charge on any atom is 0.251 e. The van der Waals surface area contributed by atoms with Crippen LogP contribution in [0, 0.1) is 0 Å². The summed E-state index contributed by atoms with van der Waals surface area (Å²) >= 11 is 1.36. The summed E-state index contributed by atoms with van der Waals surface area (Å²) in [5.74, 6) is 0. The first-order chi connectivity index (χ1) is 9.08. The molecule has 2 aromatic rings. The summed E-state index contributed by atoms with van der Waals surface area (Å²) in [7, 11) is 0. The Hall–Kier alpha value is -1.95. The van der Waals surface area contributed by atoms with Crippen molar-refractivity contribution < 1.29 is 0 Å². The second-order valence-electron chi connectivity index (χ2n) is 4.18. The Morgan fingerprint density at radius 1 is 1.26 bits per heavy atom. The number of nitrogens with two attached hydrogens (primary N) is 2. The lowest BCUT2D eigenvalue weighted by Gasteiger charge is -2.05. The molecular weight excluding hydrogens is 260 g/mol. The molecule has 1 aromatic carbocycles. The number of benzene rings is 1. The Kier molecular flexibility index (Phi) is 4.11. The predicted octanol–water partition coefficient (Wildman–Crippen LogP) is 2.04. The summed E-state index contributed by atoms with van der Waals surface area (Å²) in [5.41, 5.74) is 13.2. The zero-order valence-electron chi connectivity index (χ0n) is 10.6. The highest BCUT2D eigenvalue weighted by Crippen LogP contribution is 2.28. The largest absolute Gasteiger partial charge is 0.397 e. The van der Waals surface area contributed by atoms with Crippen molar-refractivity contribution in [2.45, 2.75) is 29.8 Å². The number of nitrogen functional groups attached to an aromatic ring is 2. The fourth-order valence-corrected chi connectivity index (χ4v) is 2.50. The summed E-state index contributed by atoms with van der Waals surface area (Å²) < 4.78 is 0. The third-order valence-corrected chi connectivity index (χ3v) is 3.43. The lowest BCUT2D eigenvalue weighted by atomic mass is 10.2. The average Bonchev–Trinajstić information content (AvgIpc) is 2.33. The Balaban J connectivity index is 2.27. The highest BCUT2D eigenvalue weighted by Gasteiger charge is 2.05. The zero-order chi connectivity index (χ0) is 13.8. The van der Waals surface area contributed by atoms with E-state index in [-0.39, 0.29) is 5.56 Å². The number of aryl methyl sites for hydroxylation is 1. The molecule has 0 unspecified atom stereocenters. The van der Waals surface area contributed by atoms with Gasteiger partial charge in [0.1, 0.15) is 0 Å². The van der Waals surface area contributed by atoms with Gasteiger partial charge in [-0.3, -0.25) is 4.79 Å². The first kappa shape index (κ1) is 13.5. The van der Waals surface area contributed by atoms with Crippen LogP contribution >= 0.6 is 11.8 Å². The van der Waals surface area contributed by atoms with Crippen molar-refractivity contribution in [1.82, 2.24) is 9.97 Å². The van der Waals surface area contributed by atoms with E-state index in [1.54, 1.807) is 12.1 Å². The highest BCUT2D eigenvalue weighted by atomic mass is 32.2. The Morgan fingerprint density at radius 3 is 2.74 bits per heavy atom. The smallest absolute Gasteiger partial charge is 0.251 e. The maximum atomic E-state index is 11.5. The van der Waals surface area contributed by atoms with Crippen molar-refractivity contribution in [3.63, 3.8) is 0 Å². The van der Waals surface area contributed by atoms with Gasteiger partial charge in [-0.1, -0.05) is 25.1 Å². The lowest BCUT2D eigenvalue weighted by molar-refractivity contribution is 0.816. The van der Waals surface area contributed by atoms with Crippen molar-refractivity contribution in [3.8, 4) is 0 Å². The molecule has 0 bridgehead atoms. The van der Waals surface area contributed by atoms with E-state index in [1.165, 1.54) is 17.8 Å². The topological polar surface area (TPSA) is 97.8 Å². The molecule has 100 valence electrons. The van der Waals surface area contributed by atoms with Gasteiger partial charge in [0, 0.05) is 16.7 Å². The minimum Gasteiger partial charge on any atom is -0.397 e. The Morgan fingerprint density at radius 2 is 2.05 bits per heavy atom. The fraction of sp³-hybridized carbons (Fsp3) is 0.231. The van der Waals surface area contributed by atoms with Crippen LogP contribution in [0.2, 0.25) is 0 Å². The molecular formula is C13H16N4OS. The van der Waals surface area contributed by atoms with Gasteiger partial charge < -0.3 is 16.5 Å². The van der Waals surface area contributed by atoms with Gasteiger partial charge in [0.2, 0.25) is 0 Å². The molecule has 0 saturated heterocycles. The number of nitrogens with one attached hydrogen (secondary N) is 1. The number of nitrogens with zero attached hydrogens (tertiary/aromatic N) is 1. The number of aromatic nitrogens is 2. The first-order valence-electron chi connectivity index (χ1n) is 6.01. The summed E-state index contributed by atoms with van der Waals surface area (Å²) in [6, 6.07) is 6.89. The van der Waals surface area contributed by atoms with E-state index in [9.17, 15) is 4.79 Å². The molecule has 0 radical (unpaired) electrons. The van der Waals surface area contributed by atoms with Gasteiger partial charge in [0.15, 0.2) is 5.16 Å². The van der Waals surface area contributed by atoms with E-state index in [2.05, 4.69) is 16.9 Å². The number of hydrogen-bond acceptors (Lipinski definition) is 5. The quantitative estimate of drug-likeness (QED) is 0.586. The first-order valence-corrected chi connectivity index (χ1v) is 6.83. The van der Waals surface area contributed by atoms with Crippen LogP contribution < -0.4 is 17.0 Å². The fourth-order valence-electron chi connectivity index (χ4n) is 1.64. The molecule has 0 spiro atoms. The van der Waals surface area contributed by atoms with Gasteiger partial charge in [-0.2, -0.15) is 0 Å². The van der Waals surface area contributed by atoms with Gasteiger partial charge >= 0.3 is 0 Å². The molecule has 0 aliphatic heterocycles. The number of H-pyrrole nitrogens is 1. The van der Waals surface area contributed by atoms with Crippen molar-refractivity contribution in [1.29, 1.82) is 0 Å². The molecule has 1 aromatic heterocycles. The van der Waals surface area contributed by atoms with Crippen LogP contribution in [0.25, 0.3) is 0 Å². The number of rotatable bonds is 4. The van der Waals surface area contributed by atoms with Gasteiger partial charge in [-0.25, -0.2) is 4.98 Å². The second-order valence-corrected chi connectivity index (χ2v) is 5.25. The van der Waals surface area contributed by atoms with Gasteiger partial charge in [0.25, 0.3) is 5.56 Å². The molecule has 6 heteroatoms.